The van der Waals surface area contributed by atoms with Crippen LogP contribution >= 0.6 is 0 Å². The molecule has 0 amide bonds. The van der Waals surface area contributed by atoms with Gasteiger partial charge >= 0.3 is 0 Å². The molecule has 1 aliphatic rings. The largest absolute Gasteiger partial charge is 0.508 e. The van der Waals surface area contributed by atoms with Gasteiger partial charge < -0.3 is 10.8 Å². The van der Waals surface area contributed by atoms with E-state index >= 15 is 0 Å². The molecule has 70 valence electrons. The Labute approximate surface area is 76.2 Å². The van der Waals surface area contributed by atoms with Crippen molar-refractivity contribution in [2.75, 3.05) is 0 Å². The lowest BCUT2D eigenvalue weighted by atomic mass is 10.0. The smallest absolute Gasteiger partial charge is 0.126 e. The Kier molecular flexibility index (Phi) is 1.77. The summed E-state index contributed by atoms with van der Waals surface area (Å²) in [4.78, 5) is 0. The van der Waals surface area contributed by atoms with Crippen LogP contribution in [0.15, 0.2) is 18.2 Å². The molecule has 0 aromatic heterocycles. The van der Waals surface area contributed by atoms with Crippen molar-refractivity contribution < 1.29 is 9.50 Å². The van der Waals surface area contributed by atoms with Gasteiger partial charge in [-0.15, -0.1) is 0 Å². The number of hydrogen-bond donors (Lipinski definition) is 2. The van der Waals surface area contributed by atoms with Crippen molar-refractivity contribution in [3.63, 3.8) is 0 Å². The van der Waals surface area contributed by atoms with E-state index in [2.05, 4.69) is 0 Å². The summed E-state index contributed by atoms with van der Waals surface area (Å²) in [6.07, 6.45) is 2.41. The van der Waals surface area contributed by atoms with Crippen molar-refractivity contribution in [3.05, 3.63) is 29.6 Å². The van der Waals surface area contributed by atoms with E-state index in [4.69, 9.17) is 10.8 Å². The first-order valence-electron chi connectivity index (χ1n) is 4.35. The molecule has 3 N–H and O–H groups in total. The highest BCUT2D eigenvalue weighted by atomic mass is 19.1. The Morgan fingerprint density at radius 2 is 2.15 bits per heavy atom. The average Bonchev–Trinajstić information content (AvgIpc) is 2.76. The predicted octanol–water partition coefficient (Wildman–Crippen LogP) is 1.57. The Hall–Kier alpha value is -1.09. The maximum atomic E-state index is 13.2. The minimum Gasteiger partial charge on any atom is -0.508 e. The van der Waals surface area contributed by atoms with Crippen LogP contribution in [0.5, 0.6) is 5.75 Å². The average molecular weight is 181 g/mol. The van der Waals surface area contributed by atoms with E-state index in [1.165, 1.54) is 18.2 Å². The van der Waals surface area contributed by atoms with Gasteiger partial charge in [-0.05, 0) is 43.0 Å². The number of aromatic hydroxyl groups is 1. The molecule has 0 spiro atoms. The number of rotatable bonds is 2. The molecule has 0 saturated heterocycles. The van der Waals surface area contributed by atoms with Crippen LogP contribution in [0.25, 0.3) is 0 Å². The van der Waals surface area contributed by atoms with Gasteiger partial charge in [0, 0.05) is 5.54 Å². The van der Waals surface area contributed by atoms with E-state index in [9.17, 15) is 4.39 Å². The molecule has 0 bridgehead atoms. The van der Waals surface area contributed by atoms with Crippen LogP contribution < -0.4 is 5.73 Å². The maximum Gasteiger partial charge on any atom is 0.126 e. The van der Waals surface area contributed by atoms with Crippen LogP contribution in [-0.2, 0) is 6.42 Å². The lowest BCUT2D eigenvalue weighted by molar-refractivity contribution is 0.470. The molecule has 1 aliphatic carbocycles. The van der Waals surface area contributed by atoms with Gasteiger partial charge in [0.1, 0.15) is 11.6 Å². The molecule has 0 atom stereocenters. The predicted molar refractivity (Wildman–Crippen MR) is 47.9 cm³/mol. The summed E-state index contributed by atoms with van der Waals surface area (Å²) in [6, 6.07) is 4.06. The van der Waals surface area contributed by atoms with Gasteiger partial charge in [-0.25, -0.2) is 4.39 Å². The highest BCUT2D eigenvalue weighted by Crippen LogP contribution is 2.36. The third-order valence-corrected chi connectivity index (χ3v) is 2.46. The fourth-order valence-corrected chi connectivity index (χ4v) is 1.41. The molecule has 3 heteroatoms. The van der Waals surface area contributed by atoms with Crippen LogP contribution in [-0.4, -0.2) is 10.6 Å². The summed E-state index contributed by atoms with van der Waals surface area (Å²) < 4.78 is 13.2. The summed E-state index contributed by atoms with van der Waals surface area (Å²) in [7, 11) is 0. The zero-order chi connectivity index (χ0) is 9.47. The molecule has 1 fully saturated rings. The SMILES string of the molecule is NC1(Cc2cc(O)ccc2F)CC1. The molecule has 0 aliphatic heterocycles. The zero-order valence-electron chi connectivity index (χ0n) is 7.26. The first-order chi connectivity index (χ1) is 6.09. The number of phenolic OH excluding ortho intramolecular Hbond substituents is 1. The summed E-state index contributed by atoms with van der Waals surface area (Å²) in [6.45, 7) is 0. The number of phenols is 1. The number of hydrogen-bond acceptors (Lipinski definition) is 2. The van der Waals surface area contributed by atoms with Gasteiger partial charge in [0.25, 0.3) is 0 Å². The summed E-state index contributed by atoms with van der Waals surface area (Å²) >= 11 is 0. The first kappa shape index (κ1) is 8.51. The van der Waals surface area contributed by atoms with E-state index in [0.717, 1.165) is 12.8 Å². The standard InChI is InChI=1S/C10H12FNO/c11-9-2-1-8(13)5-7(9)6-10(12)3-4-10/h1-2,5,13H,3-4,6,12H2. The van der Waals surface area contributed by atoms with Crippen molar-refractivity contribution in [2.45, 2.75) is 24.8 Å². The van der Waals surface area contributed by atoms with Crippen LogP contribution in [0.4, 0.5) is 4.39 Å². The topological polar surface area (TPSA) is 46.2 Å². The molecule has 1 aromatic rings. The Bertz CT molecular complexity index is 334. The fourth-order valence-electron chi connectivity index (χ4n) is 1.41. The van der Waals surface area contributed by atoms with Crippen LogP contribution in [0.2, 0.25) is 0 Å². The molecule has 2 nitrogen and oxygen atoms in total. The summed E-state index contributed by atoms with van der Waals surface area (Å²) in [5.74, 6) is -0.185. The first-order valence-corrected chi connectivity index (χ1v) is 4.35. The van der Waals surface area contributed by atoms with Crippen molar-refractivity contribution in [1.29, 1.82) is 0 Å². The monoisotopic (exact) mass is 181 g/mol. The lowest BCUT2D eigenvalue weighted by Crippen LogP contribution is -2.24. The normalized spacial score (nSPS) is 18.6. The number of halogens is 1. The van der Waals surface area contributed by atoms with E-state index in [-0.39, 0.29) is 17.1 Å². The fraction of sp³-hybridized carbons (Fsp3) is 0.400. The van der Waals surface area contributed by atoms with Crippen molar-refractivity contribution in [3.8, 4) is 5.75 Å². The zero-order valence-corrected chi connectivity index (χ0v) is 7.26. The second-order valence-corrected chi connectivity index (χ2v) is 3.81. The van der Waals surface area contributed by atoms with Crippen LogP contribution in [0.1, 0.15) is 18.4 Å². The molecule has 0 heterocycles. The van der Waals surface area contributed by atoms with Gasteiger partial charge in [0.2, 0.25) is 0 Å². The molecule has 13 heavy (non-hydrogen) atoms. The van der Waals surface area contributed by atoms with E-state index in [1.54, 1.807) is 0 Å². The minimum absolute atomic E-state index is 0.0978. The van der Waals surface area contributed by atoms with Gasteiger partial charge in [0.05, 0.1) is 0 Å². The Morgan fingerprint density at radius 3 is 2.77 bits per heavy atom. The Morgan fingerprint density at radius 1 is 1.46 bits per heavy atom. The maximum absolute atomic E-state index is 13.2. The van der Waals surface area contributed by atoms with E-state index in [0.29, 0.717) is 12.0 Å². The second-order valence-electron chi connectivity index (χ2n) is 3.81. The summed E-state index contributed by atoms with van der Waals surface area (Å²) in [5.41, 5.74) is 6.15. The van der Waals surface area contributed by atoms with Gasteiger partial charge in [-0.3, -0.25) is 0 Å². The summed E-state index contributed by atoms with van der Waals surface area (Å²) in [5, 5.41) is 9.15. The molecule has 0 unspecified atom stereocenters. The second kappa shape index (κ2) is 2.70. The molecule has 0 radical (unpaired) electrons. The van der Waals surface area contributed by atoms with Crippen molar-refractivity contribution >= 4 is 0 Å². The number of benzene rings is 1. The minimum atomic E-state index is -0.283. The quantitative estimate of drug-likeness (QED) is 0.727. The molecular formula is C10H12FNO. The van der Waals surface area contributed by atoms with E-state index < -0.39 is 0 Å². The molecule has 1 aromatic carbocycles. The highest BCUT2D eigenvalue weighted by Gasteiger charge is 2.38. The Balaban J connectivity index is 2.23. The molecular weight excluding hydrogens is 169 g/mol. The van der Waals surface area contributed by atoms with Crippen LogP contribution in [0, 0.1) is 5.82 Å². The van der Waals surface area contributed by atoms with Gasteiger partial charge in [-0.1, -0.05) is 0 Å². The molecule has 1 saturated carbocycles. The molecule has 2 rings (SSSR count). The van der Waals surface area contributed by atoms with Crippen LogP contribution in [0.3, 0.4) is 0 Å². The third kappa shape index (κ3) is 1.80. The van der Waals surface area contributed by atoms with Gasteiger partial charge in [-0.2, -0.15) is 0 Å². The van der Waals surface area contributed by atoms with Crippen molar-refractivity contribution in [2.24, 2.45) is 5.73 Å². The van der Waals surface area contributed by atoms with Crippen molar-refractivity contribution in [1.82, 2.24) is 0 Å². The van der Waals surface area contributed by atoms with Gasteiger partial charge in [0.15, 0.2) is 0 Å². The van der Waals surface area contributed by atoms with E-state index in [1.807, 2.05) is 0 Å². The number of nitrogens with two attached hydrogens (primary N) is 1. The third-order valence-electron chi connectivity index (χ3n) is 2.46. The lowest BCUT2D eigenvalue weighted by Gasteiger charge is -2.09. The highest BCUT2D eigenvalue weighted by molar-refractivity contribution is 5.31.